The summed E-state index contributed by atoms with van der Waals surface area (Å²) in [6.45, 7) is 4.53. The molecule has 0 fully saturated rings. The summed E-state index contributed by atoms with van der Waals surface area (Å²) in [7, 11) is 1.95. The second-order valence-corrected chi connectivity index (χ2v) is 4.96. The van der Waals surface area contributed by atoms with E-state index in [1.165, 1.54) is 10.6 Å². The topological polar surface area (TPSA) is 29.9 Å². The summed E-state index contributed by atoms with van der Waals surface area (Å²) in [4.78, 5) is 1.25. The Morgan fingerprint density at radius 2 is 2.22 bits per heavy atom. The van der Waals surface area contributed by atoms with Crippen molar-refractivity contribution in [2.75, 3.05) is 11.1 Å². The quantitative estimate of drug-likeness (QED) is 0.637. The molecule has 1 aromatic heterocycles. The van der Waals surface area contributed by atoms with Gasteiger partial charge in [0, 0.05) is 29.6 Å². The molecule has 0 atom stereocenters. The van der Waals surface area contributed by atoms with E-state index < -0.39 is 0 Å². The number of anilines is 1. The van der Waals surface area contributed by atoms with Gasteiger partial charge in [-0.3, -0.25) is 4.68 Å². The maximum Gasteiger partial charge on any atom is 0.0571 e. The van der Waals surface area contributed by atoms with E-state index in [9.17, 15) is 0 Å². The smallest absolute Gasteiger partial charge is 0.0571 e. The summed E-state index contributed by atoms with van der Waals surface area (Å²) in [5.41, 5.74) is 2.32. The molecule has 1 heterocycles. The van der Waals surface area contributed by atoms with Crippen molar-refractivity contribution in [1.29, 1.82) is 0 Å². The van der Waals surface area contributed by atoms with Crippen LogP contribution in [0.4, 0.5) is 5.69 Å². The minimum Gasteiger partial charge on any atom is -0.378 e. The Bertz CT molecular complexity index is 519. The molecule has 0 saturated heterocycles. The van der Waals surface area contributed by atoms with E-state index in [1.54, 1.807) is 11.8 Å². The molecule has 94 valence electrons. The van der Waals surface area contributed by atoms with Crippen molar-refractivity contribution in [3.8, 4) is 0 Å². The molecule has 3 nitrogen and oxygen atoms in total. The molecule has 2 rings (SSSR count). The van der Waals surface area contributed by atoms with Gasteiger partial charge in [0.2, 0.25) is 0 Å². The minimum absolute atomic E-state index is 0.780. The van der Waals surface area contributed by atoms with Gasteiger partial charge in [-0.2, -0.15) is 5.10 Å². The summed E-state index contributed by atoms with van der Waals surface area (Å²) >= 11 is 1.79. The van der Waals surface area contributed by atoms with E-state index >= 15 is 0 Å². The maximum absolute atomic E-state index is 4.16. The van der Waals surface area contributed by atoms with Gasteiger partial charge in [-0.05, 0) is 18.2 Å². The number of hydrogen-bond donors (Lipinski definition) is 1. The maximum atomic E-state index is 4.16. The molecular formula is C14H17N3S. The van der Waals surface area contributed by atoms with Crippen LogP contribution in [-0.4, -0.2) is 15.5 Å². The molecule has 0 bridgehead atoms. The highest BCUT2D eigenvalue weighted by atomic mass is 32.2. The van der Waals surface area contributed by atoms with E-state index in [1.807, 2.05) is 36.1 Å². The third-order valence-electron chi connectivity index (χ3n) is 2.63. The van der Waals surface area contributed by atoms with Gasteiger partial charge in [-0.25, -0.2) is 0 Å². The van der Waals surface area contributed by atoms with Crippen LogP contribution in [0.5, 0.6) is 0 Å². The molecule has 0 saturated carbocycles. The molecular weight excluding hydrogens is 242 g/mol. The van der Waals surface area contributed by atoms with Gasteiger partial charge in [-0.15, -0.1) is 18.3 Å². The van der Waals surface area contributed by atoms with Crippen LogP contribution in [0.25, 0.3) is 0 Å². The summed E-state index contributed by atoms with van der Waals surface area (Å²) in [5.74, 6) is 0.921. The fourth-order valence-electron chi connectivity index (χ4n) is 1.65. The predicted molar refractivity (Wildman–Crippen MR) is 77.9 cm³/mol. The first-order chi connectivity index (χ1) is 8.81. The standard InChI is InChI=1S/C14H17N3S/c1-3-10-18-14-7-5-4-6-13(14)15-11-12-8-9-16-17(12)2/h3-9,15H,1,10-11H2,2H3. The van der Waals surface area contributed by atoms with Crippen LogP contribution in [-0.2, 0) is 13.6 Å². The normalized spacial score (nSPS) is 10.3. The van der Waals surface area contributed by atoms with Crippen LogP contribution in [0.1, 0.15) is 5.69 Å². The molecule has 1 aromatic carbocycles. The Hall–Kier alpha value is -1.68. The summed E-state index contributed by atoms with van der Waals surface area (Å²) < 4.78 is 1.88. The lowest BCUT2D eigenvalue weighted by atomic mass is 10.3. The molecule has 0 radical (unpaired) electrons. The fraction of sp³-hybridized carbons (Fsp3) is 0.214. The van der Waals surface area contributed by atoms with Crippen LogP contribution >= 0.6 is 11.8 Å². The van der Waals surface area contributed by atoms with Crippen molar-refractivity contribution < 1.29 is 0 Å². The van der Waals surface area contributed by atoms with Crippen LogP contribution in [0, 0.1) is 0 Å². The van der Waals surface area contributed by atoms with Crippen LogP contribution in [0.2, 0.25) is 0 Å². The summed E-state index contributed by atoms with van der Waals surface area (Å²) in [6, 6.07) is 10.3. The summed E-state index contributed by atoms with van der Waals surface area (Å²) in [5, 5.41) is 7.61. The molecule has 1 N–H and O–H groups in total. The molecule has 0 aliphatic carbocycles. The number of aryl methyl sites for hydroxylation is 1. The zero-order valence-electron chi connectivity index (χ0n) is 10.5. The third kappa shape index (κ3) is 3.17. The second-order valence-electron chi connectivity index (χ2n) is 3.90. The average molecular weight is 259 g/mol. The minimum atomic E-state index is 0.780. The highest BCUT2D eigenvalue weighted by Gasteiger charge is 2.03. The van der Waals surface area contributed by atoms with Gasteiger partial charge < -0.3 is 5.32 Å². The third-order valence-corrected chi connectivity index (χ3v) is 3.70. The van der Waals surface area contributed by atoms with E-state index in [2.05, 4.69) is 35.2 Å². The van der Waals surface area contributed by atoms with Crippen molar-refractivity contribution in [2.24, 2.45) is 7.05 Å². The van der Waals surface area contributed by atoms with Gasteiger partial charge >= 0.3 is 0 Å². The molecule has 2 aromatic rings. The number of nitrogens with zero attached hydrogens (tertiary/aromatic N) is 2. The van der Waals surface area contributed by atoms with Crippen molar-refractivity contribution in [2.45, 2.75) is 11.4 Å². The SMILES string of the molecule is C=CCSc1ccccc1NCc1ccnn1C. The molecule has 4 heteroatoms. The highest BCUT2D eigenvalue weighted by molar-refractivity contribution is 7.99. The zero-order valence-corrected chi connectivity index (χ0v) is 11.3. The van der Waals surface area contributed by atoms with E-state index in [4.69, 9.17) is 0 Å². The zero-order chi connectivity index (χ0) is 12.8. The van der Waals surface area contributed by atoms with Gasteiger partial charge in [0.1, 0.15) is 0 Å². The largest absolute Gasteiger partial charge is 0.378 e. The first-order valence-electron chi connectivity index (χ1n) is 5.84. The monoisotopic (exact) mass is 259 g/mol. The number of benzene rings is 1. The van der Waals surface area contributed by atoms with Crippen LogP contribution in [0.15, 0.2) is 54.1 Å². The van der Waals surface area contributed by atoms with Gasteiger partial charge in [0.05, 0.1) is 12.2 Å². The number of hydrogen-bond acceptors (Lipinski definition) is 3. The fourth-order valence-corrected chi connectivity index (χ4v) is 2.42. The van der Waals surface area contributed by atoms with Gasteiger partial charge in [0.15, 0.2) is 0 Å². The van der Waals surface area contributed by atoms with E-state index in [0.717, 1.165) is 18.0 Å². The number of aromatic nitrogens is 2. The second kappa shape index (κ2) is 6.31. The lowest BCUT2D eigenvalue weighted by Crippen LogP contribution is -2.05. The summed E-state index contributed by atoms with van der Waals surface area (Å²) in [6.07, 6.45) is 3.73. The Kier molecular flexibility index (Phi) is 4.47. The number of para-hydroxylation sites is 1. The molecule has 0 aliphatic rings. The van der Waals surface area contributed by atoms with Crippen LogP contribution in [0.3, 0.4) is 0 Å². The molecule has 0 amide bonds. The first-order valence-corrected chi connectivity index (χ1v) is 6.83. The van der Waals surface area contributed by atoms with E-state index in [-0.39, 0.29) is 0 Å². The van der Waals surface area contributed by atoms with Gasteiger partial charge in [-0.1, -0.05) is 18.2 Å². The molecule has 18 heavy (non-hydrogen) atoms. The number of nitrogens with one attached hydrogen (secondary N) is 1. The first kappa shape index (κ1) is 12.8. The highest BCUT2D eigenvalue weighted by Crippen LogP contribution is 2.27. The Morgan fingerprint density at radius 3 is 2.94 bits per heavy atom. The Labute approximate surface area is 112 Å². The van der Waals surface area contributed by atoms with E-state index in [0.29, 0.717) is 0 Å². The van der Waals surface area contributed by atoms with Crippen molar-refractivity contribution in [1.82, 2.24) is 9.78 Å². The lowest BCUT2D eigenvalue weighted by molar-refractivity contribution is 0.720. The van der Waals surface area contributed by atoms with Crippen molar-refractivity contribution in [3.05, 3.63) is 54.9 Å². The molecule has 0 unspecified atom stereocenters. The number of thioether (sulfide) groups is 1. The Morgan fingerprint density at radius 1 is 1.39 bits per heavy atom. The number of rotatable bonds is 6. The molecule has 0 aliphatic heterocycles. The Balaban J connectivity index is 2.04. The molecule has 0 spiro atoms. The van der Waals surface area contributed by atoms with Gasteiger partial charge in [0.25, 0.3) is 0 Å². The lowest BCUT2D eigenvalue weighted by Gasteiger charge is -2.11. The predicted octanol–water partition coefficient (Wildman–Crippen LogP) is 3.31. The van der Waals surface area contributed by atoms with Crippen molar-refractivity contribution >= 4 is 17.4 Å². The van der Waals surface area contributed by atoms with Crippen molar-refractivity contribution in [3.63, 3.8) is 0 Å². The van der Waals surface area contributed by atoms with Crippen LogP contribution < -0.4 is 5.32 Å². The average Bonchev–Trinajstić information content (AvgIpc) is 2.80.